The van der Waals surface area contributed by atoms with Crippen LogP contribution >= 0.6 is 15.9 Å². The smallest absolute Gasteiger partial charge is 0.129 e. The van der Waals surface area contributed by atoms with Gasteiger partial charge in [-0.05, 0) is 42.8 Å². The second-order valence-electron chi connectivity index (χ2n) is 4.83. The number of methoxy groups -OCH3 is 1. The van der Waals surface area contributed by atoms with Crippen LogP contribution in [0.1, 0.15) is 24.1 Å². The van der Waals surface area contributed by atoms with Crippen molar-refractivity contribution in [2.75, 3.05) is 13.7 Å². The second kappa shape index (κ2) is 7.57. The van der Waals surface area contributed by atoms with Gasteiger partial charge in [0.1, 0.15) is 11.6 Å². The Labute approximate surface area is 133 Å². The number of nitrogens with one attached hydrogen (secondary N) is 1. The first kappa shape index (κ1) is 16.0. The molecule has 0 amide bonds. The summed E-state index contributed by atoms with van der Waals surface area (Å²) in [6.07, 6.45) is 0.733. The topological polar surface area (TPSA) is 21.3 Å². The summed E-state index contributed by atoms with van der Waals surface area (Å²) < 4.78 is 20.1. The maximum absolute atomic E-state index is 14.2. The summed E-state index contributed by atoms with van der Waals surface area (Å²) >= 11 is 3.29. The molecule has 0 spiro atoms. The van der Waals surface area contributed by atoms with Crippen molar-refractivity contribution in [2.24, 2.45) is 0 Å². The molecule has 0 fully saturated rings. The molecular weight excluding hydrogens is 333 g/mol. The van der Waals surface area contributed by atoms with E-state index >= 15 is 0 Å². The summed E-state index contributed by atoms with van der Waals surface area (Å²) in [6.45, 7) is 2.81. The molecule has 0 radical (unpaired) electrons. The molecule has 1 N–H and O–H groups in total. The maximum Gasteiger partial charge on any atom is 0.129 e. The standard InChI is InChI=1S/C17H19BrFNO/c1-3-20-17(15-9-6-13(18)11-16(15)19)10-12-4-7-14(21-2)8-5-12/h4-9,11,17,20H,3,10H2,1-2H3. The van der Waals surface area contributed by atoms with Crippen LogP contribution in [-0.4, -0.2) is 13.7 Å². The Hall–Kier alpha value is -1.39. The molecule has 2 aromatic rings. The summed E-state index contributed by atoms with van der Waals surface area (Å²) in [5, 5.41) is 3.35. The molecule has 0 saturated heterocycles. The van der Waals surface area contributed by atoms with Gasteiger partial charge in [-0.15, -0.1) is 0 Å². The zero-order valence-corrected chi connectivity index (χ0v) is 13.8. The van der Waals surface area contributed by atoms with E-state index in [-0.39, 0.29) is 11.9 Å². The Morgan fingerprint density at radius 2 is 1.90 bits per heavy atom. The molecule has 0 aliphatic heterocycles. The van der Waals surface area contributed by atoms with Crippen molar-refractivity contribution in [3.8, 4) is 5.75 Å². The molecule has 21 heavy (non-hydrogen) atoms. The van der Waals surface area contributed by atoms with Gasteiger partial charge >= 0.3 is 0 Å². The van der Waals surface area contributed by atoms with Crippen LogP contribution in [0.4, 0.5) is 4.39 Å². The third-order valence-electron chi connectivity index (χ3n) is 3.39. The summed E-state index contributed by atoms with van der Waals surface area (Å²) in [7, 11) is 1.65. The molecule has 0 aliphatic rings. The first-order valence-corrected chi connectivity index (χ1v) is 7.74. The molecule has 2 rings (SSSR count). The van der Waals surface area contributed by atoms with E-state index in [2.05, 4.69) is 21.2 Å². The number of halogens is 2. The predicted molar refractivity (Wildman–Crippen MR) is 87.2 cm³/mol. The predicted octanol–water partition coefficient (Wildman–Crippen LogP) is 4.49. The minimum Gasteiger partial charge on any atom is -0.497 e. The number of hydrogen-bond acceptors (Lipinski definition) is 2. The van der Waals surface area contributed by atoms with E-state index in [1.807, 2.05) is 43.3 Å². The summed E-state index contributed by atoms with van der Waals surface area (Å²) in [5.74, 6) is 0.636. The monoisotopic (exact) mass is 351 g/mol. The lowest BCUT2D eigenvalue weighted by molar-refractivity contribution is 0.414. The first-order valence-electron chi connectivity index (χ1n) is 6.95. The van der Waals surface area contributed by atoms with Gasteiger partial charge in [0.05, 0.1) is 7.11 Å². The third kappa shape index (κ3) is 4.29. The van der Waals surface area contributed by atoms with Crippen LogP contribution < -0.4 is 10.1 Å². The average molecular weight is 352 g/mol. The van der Waals surface area contributed by atoms with Gasteiger partial charge in [0.15, 0.2) is 0 Å². The second-order valence-corrected chi connectivity index (χ2v) is 5.74. The summed E-state index contributed by atoms with van der Waals surface area (Å²) in [5.41, 5.74) is 1.83. The number of ether oxygens (including phenoxy) is 1. The van der Waals surface area contributed by atoms with E-state index in [9.17, 15) is 4.39 Å². The molecule has 0 aromatic heterocycles. The SMILES string of the molecule is CCNC(Cc1ccc(OC)cc1)c1ccc(Br)cc1F. The molecule has 112 valence electrons. The minimum absolute atomic E-state index is 0.0449. The van der Waals surface area contributed by atoms with Crippen LogP contribution in [0.5, 0.6) is 5.75 Å². The fourth-order valence-corrected chi connectivity index (χ4v) is 2.65. The molecular formula is C17H19BrFNO. The Bertz CT molecular complexity index is 586. The van der Waals surface area contributed by atoms with Crippen LogP contribution in [0, 0.1) is 5.82 Å². The third-order valence-corrected chi connectivity index (χ3v) is 3.88. The van der Waals surface area contributed by atoms with E-state index in [4.69, 9.17) is 4.74 Å². The summed E-state index contributed by atoms with van der Waals surface area (Å²) in [6, 6.07) is 13.0. The quantitative estimate of drug-likeness (QED) is 0.827. The highest BCUT2D eigenvalue weighted by Gasteiger charge is 2.15. The number of likely N-dealkylation sites (N-methyl/N-ethyl adjacent to an activating group) is 1. The van der Waals surface area contributed by atoms with Gasteiger partial charge in [-0.3, -0.25) is 0 Å². The van der Waals surface area contributed by atoms with Crippen molar-refractivity contribution in [3.05, 3.63) is 63.9 Å². The minimum atomic E-state index is -0.191. The van der Waals surface area contributed by atoms with Gasteiger partial charge in [-0.2, -0.15) is 0 Å². The Balaban J connectivity index is 2.21. The lowest BCUT2D eigenvalue weighted by Gasteiger charge is -2.19. The van der Waals surface area contributed by atoms with Crippen molar-refractivity contribution in [1.82, 2.24) is 5.32 Å². The summed E-state index contributed by atoms with van der Waals surface area (Å²) in [4.78, 5) is 0. The zero-order valence-electron chi connectivity index (χ0n) is 12.2. The van der Waals surface area contributed by atoms with Crippen LogP contribution in [-0.2, 0) is 6.42 Å². The Morgan fingerprint density at radius 1 is 1.19 bits per heavy atom. The van der Waals surface area contributed by atoms with Gasteiger partial charge in [-0.25, -0.2) is 4.39 Å². The van der Waals surface area contributed by atoms with Crippen LogP contribution in [0.3, 0.4) is 0 Å². The van der Waals surface area contributed by atoms with Gasteiger partial charge in [0, 0.05) is 16.1 Å². The molecule has 1 atom stereocenters. The van der Waals surface area contributed by atoms with Crippen molar-refractivity contribution in [3.63, 3.8) is 0 Å². The van der Waals surface area contributed by atoms with E-state index in [1.165, 1.54) is 6.07 Å². The van der Waals surface area contributed by atoms with E-state index < -0.39 is 0 Å². The molecule has 2 nitrogen and oxygen atoms in total. The highest BCUT2D eigenvalue weighted by molar-refractivity contribution is 9.10. The lowest BCUT2D eigenvalue weighted by atomic mass is 9.98. The van der Waals surface area contributed by atoms with Crippen LogP contribution in [0.25, 0.3) is 0 Å². The highest BCUT2D eigenvalue weighted by Crippen LogP contribution is 2.25. The highest BCUT2D eigenvalue weighted by atomic mass is 79.9. The fraction of sp³-hybridized carbons (Fsp3) is 0.294. The van der Waals surface area contributed by atoms with E-state index in [0.717, 1.165) is 28.8 Å². The maximum atomic E-state index is 14.2. The lowest BCUT2D eigenvalue weighted by Crippen LogP contribution is -2.24. The zero-order chi connectivity index (χ0) is 15.2. The Kier molecular flexibility index (Phi) is 5.76. The Morgan fingerprint density at radius 3 is 2.48 bits per heavy atom. The van der Waals surface area contributed by atoms with Crippen molar-refractivity contribution in [2.45, 2.75) is 19.4 Å². The van der Waals surface area contributed by atoms with Crippen molar-refractivity contribution >= 4 is 15.9 Å². The van der Waals surface area contributed by atoms with Crippen molar-refractivity contribution in [1.29, 1.82) is 0 Å². The largest absolute Gasteiger partial charge is 0.497 e. The molecule has 1 unspecified atom stereocenters. The fourth-order valence-electron chi connectivity index (χ4n) is 2.32. The molecule has 2 aromatic carbocycles. The van der Waals surface area contributed by atoms with Gasteiger partial charge < -0.3 is 10.1 Å². The average Bonchev–Trinajstić information content (AvgIpc) is 2.48. The molecule has 0 bridgehead atoms. The molecule has 0 saturated carbocycles. The van der Waals surface area contributed by atoms with Gasteiger partial charge in [-0.1, -0.05) is 41.1 Å². The van der Waals surface area contributed by atoms with E-state index in [1.54, 1.807) is 7.11 Å². The van der Waals surface area contributed by atoms with Crippen molar-refractivity contribution < 1.29 is 9.13 Å². The molecule has 0 heterocycles. The number of benzene rings is 2. The van der Waals surface area contributed by atoms with Crippen LogP contribution in [0.2, 0.25) is 0 Å². The van der Waals surface area contributed by atoms with Gasteiger partial charge in [0.25, 0.3) is 0 Å². The molecule has 0 aliphatic carbocycles. The normalized spacial score (nSPS) is 12.2. The number of hydrogen-bond donors (Lipinski definition) is 1. The van der Waals surface area contributed by atoms with E-state index in [0.29, 0.717) is 5.56 Å². The first-order chi connectivity index (χ1) is 10.1. The molecule has 4 heteroatoms. The van der Waals surface area contributed by atoms with Crippen LogP contribution in [0.15, 0.2) is 46.9 Å². The number of rotatable bonds is 6. The van der Waals surface area contributed by atoms with Gasteiger partial charge in [0.2, 0.25) is 0 Å².